The molecule has 1 aromatic heterocycles. The van der Waals surface area contributed by atoms with E-state index in [-0.39, 0.29) is 6.10 Å². The molecule has 7 nitrogen and oxygen atoms in total. The van der Waals surface area contributed by atoms with E-state index in [2.05, 4.69) is 21.3 Å². The third-order valence-corrected chi connectivity index (χ3v) is 6.45. The van der Waals surface area contributed by atoms with Crippen LogP contribution in [0.3, 0.4) is 0 Å². The van der Waals surface area contributed by atoms with Crippen molar-refractivity contribution in [2.24, 2.45) is 0 Å². The Morgan fingerprint density at radius 2 is 2.00 bits per heavy atom. The van der Waals surface area contributed by atoms with E-state index in [0.717, 1.165) is 38.9 Å². The van der Waals surface area contributed by atoms with Crippen LogP contribution in [0.4, 0.5) is 11.4 Å². The molecule has 2 heterocycles. The van der Waals surface area contributed by atoms with Crippen LogP contribution in [-0.2, 0) is 0 Å². The van der Waals surface area contributed by atoms with Crippen molar-refractivity contribution >= 4 is 45.5 Å². The molecule has 0 bridgehead atoms. The number of pyridine rings is 1. The van der Waals surface area contributed by atoms with Gasteiger partial charge in [0, 0.05) is 42.3 Å². The van der Waals surface area contributed by atoms with Crippen molar-refractivity contribution in [2.45, 2.75) is 25.4 Å². The topological polar surface area (TPSA) is 90.6 Å². The molecular weight excluding hydrogens is 475 g/mol. The van der Waals surface area contributed by atoms with Crippen LogP contribution < -0.4 is 14.8 Å². The maximum absolute atomic E-state index is 9.66. The Hall–Kier alpha value is -2.76. The summed E-state index contributed by atoms with van der Waals surface area (Å²) < 4.78 is 11.6. The van der Waals surface area contributed by atoms with E-state index in [1.165, 1.54) is 6.20 Å². The minimum Gasteiger partial charge on any atom is -0.493 e. The zero-order valence-electron chi connectivity index (χ0n) is 18.9. The molecular formula is C25H26Cl2N4O3. The smallest absolute Gasteiger partial charge is 0.163 e. The Balaban J connectivity index is 1.54. The number of likely N-dealkylation sites (tertiary alicyclic amines) is 1. The number of piperidine rings is 1. The Bertz CT molecular complexity index is 1210. The molecule has 0 saturated carbocycles. The van der Waals surface area contributed by atoms with Crippen LogP contribution in [0.25, 0.3) is 10.9 Å². The third-order valence-electron chi connectivity index (χ3n) is 5.90. The minimum absolute atomic E-state index is 0.168. The number of nitrogens with one attached hydrogen (secondary N) is 1. The van der Waals surface area contributed by atoms with Gasteiger partial charge in [-0.3, -0.25) is 4.98 Å². The van der Waals surface area contributed by atoms with Gasteiger partial charge in [-0.25, -0.2) is 0 Å². The summed E-state index contributed by atoms with van der Waals surface area (Å²) in [5, 5.41) is 24.2. The first-order chi connectivity index (χ1) is 16.5. The van der Waals surface area contributed by atoms with E-state index in [1.54, 1.807) is 25.3 Å². The van der Waals surface area contributed by atoms with Gasteiger partial charge in [0.2, 0.25) is 0 Å². The Morgan fingerprint density at radius 1 is 1.21 bits per heavy atom. The van der Waals surface area contributed by atoms with E-state index in [0.29, 0.717) is 56.0 Å². The number of rotatable bonds is 8. The lowest BCUT2D eigenvalue weighted by Gasteiger charge is -2.29. The number of methoxy groups -OCH3 is 1. The van der Waals surface area contributed by atoms with Crippen molar-refractivity contribution < 1.29 is 14.6 Å². The van der Waals surface area contributed by atoms with Gasteiger partial charge in [0.05, 0.1) is 47.3 Å². The quantitative estimate of drug-likeness (QED) is 0.400. The molecule has 34 heavy (non-hydrogen) atoms. The number of fused-ring (bicyclic) bond motifs is 1. The fourth-order valence-corrected chi connectivity index (χ4v) is 4.49. The highest BCUT2D eigenvalue weighted by atomic mass is 35.5. The molecule has 1 fully saturated rings. The van der Waals surface area contributed by atoms with Gasteiger partial charge in [0.15, 0.2) is 11.5 Å². The molecule has 1 saturated heterocycles. The van der Waals surface area contributed by atoms with E-state index in [1.807, 2.05) is 12.1 Å². The zero-order valence-corrected chi connectivity index (χ0v) is 20.4. The maximum atomic E-state index is 9.66. The molecule has 0 atom stereocenters. The molecule has 0 radical (unpaired) electrons. The molecule has 9 heteroatoms. The highest BCUT2D eigenvalue weighted by Crippen LogP contribution is 2.38. The summed E-state index contributed by atoms with van der Waals surface area (Å²) in [6.45, 7) is 3.28. The molecule has 0 amide bonds. The molecule has 2 N–H and O–H groups in total. The number of anilines is 2. The van der Waals surface area contributed by atoms with Crippen LogP contribution >= 0.6 is 23.2 Å². The summed E-state index contributed by atoms with van der Waals surface area (Å²) in [5.74, 6) is 1.15. The van der Waals surface area contributed by atoms with Gasteiger partial charge in [0.25, 0.3) is 0 Å². The highest BCUT2D eigenvalue weighted by molar-refractivity contribution is 6.36. The van der Waals surface area contributed by atoms with Crippen molar-refractivity contribution in [2.75, 3.05) is 38.7 Å². The Labute approximate surface area is 208 Å². The molecule has 1 aliphatic rings. The number of nitriles is 1. The van der Waals surface area contributed by atoms with Crippen LogP contribution in [0.15, 0.2) is 36.5 Å². The van der Waals surface area contributed by atoms with Crippen molar-refractivity contribution in [3.05, 3.63) is 52.1 Å². The zero-order chi connectivity index (χ0) is 24.1. The average Bonchev–Trinajstić information content (AvgIpc) is 2.84. The van der Waals surface area contributed by atoms with Gasteiger partial charge in [0.1, 0.15) is 6.07 Å². The van der Waals surface area contributed by atoms with Crippen LogP contribution in [0.2, 0.25) is 10.0 Å². The second-order valence-electron chi connectivity index (χ2n) is 8.20. The van der Waals surface area contributed by atoms with Crippen LogP contribution in [0.1, 0.15) is 24.8 Å². The first-order valence-corrected chi connectivity index (χ1v) is 11.9. The van der Waals surface area contributed by atoms with Crippen LogP contribution in [0.5, 0.6) is 11.5 Å². The van der Waals surface area contributed by atoms with Crippen LogP contribution in [0, 0.1) is 11.3 Å². The molecule has 3 aromatic rings. The van der Waals surface area contributed by atoms with Gasteiger partial charge >= 0.3 is 0 Å². The van der Waals surface area contributed by atoms with Gasteiger partial charge < -0.3 is 24.8 Å². The second kappa shape index (κ2) is 11.1. The average molecular weight is 501 g/mol. The first-order valence-electron chi connectivity index (χ1n) is 11.1. The first kappa shape index (κ1) is 24.4. The molecule has 1 aliphatic heterocycles. The molecule has 0 spiro atoms. The van der Waals surface area contributed by atoms with E-state index < -0.39 is 0 Å². The van der Waals surface area contributed by atoms with Gasteiger partial charge in [-0.1, -0.05) is 23.2 Å². The largest absolute Gasteiger partial charge is 0.493 e. The Morgan fingerprint density at radius 3 is 2.71 bits per heavy atom. The summed E-state index contributed by atoms with van der Waals surface area (Å²) in [4.78, 5) is 6.80. The predicted molar refractivity (Wildman–Crippen MR) is 135 cm³/mol. The SMILES string of the molecule is COc1cc2c(Nc3ccc(Cl)cc3Cl)c(C#N)cnc2cc1OCCCN1CCC(O)CC1. The Kier molecular flexibility index (Phi) is 7.96. The molecule has 178 valence electrons. The summed E-state index contributed by atoms with van der Waals surface area (Å²) >= 11 is 12.4. The molecule has 4 rings (SSSR count). The number of nitrogens with zero attached hydrogens (tertiary/aromatic N) is 3. The fraction of sp³-hybridized carbons (Fsp3) is 0.360. The summed E-state index contributed by atoms with van der Waals surface area (Å²) in [5.41, 5.74) is 2.24. The van der Waals surface area contributed by atoms with E-state index >= 15 is 0 Å². The standard InChI is InChI=1S/C25H26Cl2N4O3/c1-33-23-12-19-22(13-24(23)34-10-2-7-31-8-5-18(32)6-9-31)29-15-16(14-28)25(19)30-21-4-3-17(26)11-20(21)27/h3-4,11-13,15,18,32H,2,5-10H2,1H3,(H,29,30). The highest BCUT2D eigenvalue weighted by Gasteiger charge is 2.18. The maximum Gasteiger partial charge on any atom is 0.163 e. The number of hydrogen-bond acceptors (Lipinski definition) is 7. The summed E-state index contributed by atoms with van der Waals surface area (Å²) in [7, 11) is 1.58. The van der Waals surface area contributed by atoms with Crippen molar-refractivity contribution in [3.8, 4) is 17.6 Å². The van der Waals surface area contributed by atoms with E-state index in [4.69, 9.17) is 32.7 Å². The van der Waals surface area contributed by atoms with Crippen LogP contribution in [-0.4, -0.2) is 54.4 Å². The monoisotopic (exact) mass is 500 g/mol. The number of aromatic nitrogens is 1. The number of hydrogen-bond donors (Lipinski definition) is 2. The predicted octanol–water partition coefficient (Wildman–Crippen LogP) is 5.39. The number of ether oxygens (including phenoxy) is 2. The lowest BCUT2D eigenvalue weighted by molar-refractivity contribution is 0.0799. The molecule has 0 aliphatic carbocycles. The third kappa shape index (κ3) is 5.65. The minimum atomic E-state index is -0.168. The molecule has 0 unspecified atom stereocenters. The van der Waals surface area contributed by atoms with Gasteiger partial charge in [-0.05, 0) is 43.5 Å². The van der Waals surface area contributed by atoms with Crippen molar-refractivity contribution in [1.82, 2.24) is 9.88 Å². The number of aliphatic hydroxyl groups excluding tert-OH is 1. The van der Waals surface area contributed by atoms with Crippen molar-refractivity contribution in [1.29, 1.82) is 5.26 Å². The number of benzene rings is 2. The van der Waals surface area contributed by atoms with Gasteiger partial charge in [-0.2, -0.15) is 5.26 Å². The lowest BCUT2D eigenvalue weighted by Crippen LogP contribution is -2.36. The number of aliphatic hydroxyl groups is 1. The molecule has 2 aromatic carbocycles. The van der Waals surface area contributed by atoms with E-state index in [9.17, 15) is 10.4 Å². The normalized spacial score (nSPS) is 14.7. The fourth-order valence-electron chi connectivity index (χ4n) is 4.03. The summed E-state index contributed by atoms with van der Waals surface area (Å²) in [6, 6.07) is 10.9. The number of halogens is 2. The van der Waals surface area contributed by atoms with Gasteiger partial charge in [-0.15, -0.1) is 0 Å². The van der Waals surface area contributed by atoms with Crippen molar-refractivity contribution in [3.63, 3.8) is 0 Å². The second-order valence-corrected chi connectivity index (χ2v) is 9.05. The lowest BCUT2D eigenvalue weighted by atomic mass is 10.1. The summed E-state index contributed by atoms with van der Waals surface area (Å²) in [6.07, 6.45) is 3.87.